The molecule has 0 atom stereocenters. The summed E-state index contributed by atoms with van der Waals surface area (Å²) in [4.78, 5) is 6.51. The van der Waals surface area contributed by atoms with E-state index in [1.54, 1.807) is 18.3 Å². The van der Waals surface area contributed by atoms with Gasteiger partial charge in [0.15, 0.2) is 11.5 Å². The number of methoxy groups -OCH3 is 2. The molecule has 0 aliphatic carbocycles. The maximum atomic E-state index is 10.1. The molecule has 3 rings (SSSR count). The van der Waals surface area contributed by atoms with Gasteiger partial charge in [-0.1, -0.05) is 0 Å². The zero-order chi connectivity index (χ0) is 18.0. The van der Waals surface area contributed by atoms with Crippen LogP contribution in [0.5, 0.6) is 17.2 Å². The van der Waals surface area contributed by atoms with E-state index in [9.17, 15) is 5.11 Å². The number of imidazole rings is 1. The molecule has 0 fully saturated rings. The average Bonchev–Trinajstić information content (AvgIpc) is 3.11. The van der Waals surface area contributed by atoms with Gasteiger partial charge >= 0.3 is 0 Å². The number of nitrogens with zero attached hydrogens (tertiary/aromatic N) is 3. The molecular weight excluding hydrogens is 318 g/mol. The Morgan fingerprint density at radius 3 is 2.12 bits per heavy atom. The zero-order valence-corrected chi connectivity index (χ0v) is 14.7. The van der Waals surface area contributed by atoms with E-state index in [1.165, 1.54) is 14.2 Å². The van der Waals surface area contributed by atoms with Crippen LogP contribution in [0.15, 0.2) is 48.8 Å². The van der Waals surface area contributed by atoms with E-state index >= 15 is 0 Å². The molecule has 2 aromatic carbocycles. The van der Waals surface area contributed by atoms with E-state index in [4.69, 9.17) is 9.47 Å². The number of rotatable bonds is 5. The SMILES string of the molecule is COc1cc(-c2nccn2-c2ccc(N(C)C)cc2)cc(OC)c1O. The van der Waals surface area contributed by atoms with Crippen LogP contribution in [0, 0.1) is 0 Å². The van der Waals surface area contributed by atoms with Gasteiger partial charge in [0.1, 0.15) is 5.82 Å². The van der Waals surface area contributed by atoms with Gasteiger partial charge in [-0.3, -0.25) is 4.57 Å². The Kier molecular flexibility index (Phi) is 4.52. The van der Waals surface area contributed by atoms with Gasteiger partial charge < -0.3 is 19.5 Å². The van der Waals surface area contributed by atoms with Crippen LogP contribution in [0.4, 0.5) is 5.69 Å². The fourth-order valence-corrected chi connectivity index (χ4v) is 2.66. The van der Waals surface area contributed by atoms with Crippen LogP contribution in [0.3, 0.4) is 0 Å². The summed E-state index contributed by atoms with van der Waals surface area (Å²) in [5.74, 6) is 1.38. The highest BCUT2D eigenvalue weighted by molar-refractivity contribution is 5.68. The lowest BCUT2D eigenvalue weighted by atomic mass is 10.1. The van der Waals surface area contributed by atoms with Crippen LogP contribution in [0.1, 0.15) is 0 Å². The summed E-state index contributed by atoms with van der Waals surface area (Å²) in [6.45, 7) is 0. The van der Waals surface area contributed by atoms with E-state index in [-0.39, 0.29) is 5.75 Å². The van der Waals surface area contributed by atoms with Crippen molar-refractivity contribution in [2.24, 2.45) is 0 Å². The van der Waals surface area contributed by atoms with Gasteiger partial charge in [0.25, 0.3) is 0 Å². The number of ether oxygens (including phenoxy) is 2. The molecule has 0 aliphatic rings. The number of hydrogen-bond acceptors (Lipinski definition) is 5. The minimum Gasteiger partial charge on any atom is -0.502 e. The molecule has 0 aliphatic heterocycles. The first kappa shape index (κ1) is 16.7. The van der Waals surface area contributed by atoms with E-state index in [0.717, 1.165) is 22.8 Å². The molecule has 6 heteroatoms. The Morgan fingerprint density at radius 1 is 1.00 bits per heavy atom. The maximum Gasteiger partial charge on any atom is 0.200 e. The summed E-state index contributed by atoms with van der Waals surface area (Å²) in [6, 6.07) is 11.7. The molecular formula is C19H21N3O3. The summed E-state index contributed by atoms with van der Waals surface area (Å²) in [5, 5.41) is 10.1. The van der Waals surface area contributed by atoms with E-state index in [0.29, 0.717) is 11.5 Å². The molecule has 0 radical (unpaired) electrons. The second kappa shape index (κ2) is 6.76. The number of hydrogen-bond donors (Lipinski definition) is 1. The van der Waals surface area contributed by atoms with Crippen molar-refractivity contribution in [3.63, 3.8) is 0 Å². The van der Waals surface area contributed by atoms with Gasteiger partial charge in [-0.25, -0.2) is 4.98 Å². The lowest BCUT2D eigenvalue weighted by Gasteiger charge is -2.15. The summed E-state index contributed by atoms with van der Waals surface area (Å²) in [5.41, 5.74) is 2.90. The fourth-order valence-electron chi connectivity index (χ4n) is 2.66. The van der Waals surface area contributed by atoms with Crippen molar-refractivity contribution in [2.45, 2.75) is 0 Å². The molecule has 3 aromatic rings. The predicted molar refractivity (Wildman–Crippen MR) is 98.1 cm³/mol. The van der Waals surface area contributed by atoms with Crippen molar-refractivity contribution >= 4 is 5.69 Å². The lowest BCUT2D eigenvalue weighted by molar-refractivity contribution is 0.340. The first-order valence-electron chi connectivity index (χ1n) is 7.81. The van der Waals surface area contributed by atoms with Gasteiger partial charge in [0, 0.05) is 43.4 Å². The normalized spacial score (nSPS) is 10.6. The Balaban J connectivity index is 2.08. The van der Waals surface area contributed by atoms with Crippen LogP contribution >= 0.6 is 0 Å². The summed E-state index contributed by atoms with van der Waals surface area (Å²) in [6.07, 6.45) is 3.63. The highest BCUT2D eigenvalue weighted by Gasteiger charge is 2.16. The quantitative estimate of drug-likeness (QED) is 0.773. The maximum absolute atomic E-state index is 10.1. The van der Waals surface area contributed by atoms with Gasteiger partial charge in [-0.05, 0) is 36.4 Å². The van der Waals surface area contributed by atoms with Crippen molar-refractivity contribution < 1.29 is 14.6 Å². The molecule has 0 amide bonds. The van der Waals surface area contributed by atoms with Gasteiger partial charge in [-0.15, -0.1) is 0 Å². The third-order valence-electron chi connectivity index (χ3n) is 4.02. The molecule has 0 bridgehead atoms. The van der Waals surface area contributed by atoms with E-state index in [1.807, 2.05) is 41.9 Å². The predicted octanol–water partition coefficient (Wildman–Crippen LogP) is 3.33. The van der Waals surface area contributed by atoms with Crippen molar-refractivity contribution in [1.29, 1.82) is 0 Å². The summed E-state index contributed by atoms with van der Waals surface area (Å²) >= 11 is 0. The van der Waals surface area contributed by atoms with Crippen LogP contribution < -0.4 is 14.4 Å². The van der Waals surface area contributed by atoms with Crippen molar-refractivity contribution in [1.82, 2.24) is 9.55 Å². The summed E-state index contributed by atoms with van der Waals surface area (Å²) < 4.78 is 12.5. The second-order valence-corrected chi connectivity index (χ2v) is 5.76. The smallest absolute Gasteiger partial charge is 0.200 e. The van der Waals surface area contributed by atoms with Crippen molar-refractivity contribution in [3.05, 3.63) is 48.8 Å². The first-order valence-corrected chi connectivity index (χ1v) is 7.81. The zero-order valence-electron chi connectivity index (χ0n) is 14.7. The highest BCUT2D eigenvalue weighted by Crippen LogP contribution is 2.40. The van der Waals surface area contributed by atoms with Gasteiger partial charge in [0.2, 0.25) is 5.75 Å². The molecule has 130 valence electrons. The Bertz CT molecular complexity index is 845. The number of aromatic hydroxyl groups is 1. The fraction of sp³-hybridized carbons (Fsp3) is 0.211. The molecule has 6 nitrogen and oxygen atoms in total. The van der Waals surface area contributed by atoms with Crippen LogP contribution in [0.25, 0.3) is 17.1 Å². The molecule has 1 aromatic heterocycles. The largest absolute Gasteiger partial charge is 0.502 e. The average molecular weight is 339 g/mol. The van der Waals surface area contributed by atoms with E-state index < -0.39 is 0 Å². The van der Waals surface area contributed by atoms with Crippen molar-refractivity contribution in [3.8, 4) is 34.3 Å². The number of phenols is 1. The molecule has 0 unspecified atom stereocenters. The van der Waals surface area contributed by atoms with Gasteiger partial charge in [0.05, 0.1) is 14.2 Å². The minimum absolute atomic E-state index is 0.0257. The number of benzene rings is 2. The minimum atomic E-state index is -0.0257. The number of anilines is 1. The molecule has 1 heterocycles. The molecule has 0 spiro atoms. The Hall–Kier alpha value is -3.15. The second-order valence-electron chi connectivity index (χ2n) is 5.76. The molecule has 0 saturated carbocycles. The molecule has 0 saturated heterocycles. The summed E-state index contributed by atoms with van der Waals surface area (Å²) in [7, 11) is 7.02. The van der Waals surface area contributed by atoms with E-state index in [2.05, 4.69) is 17.1 Å². The van der Waals surface area contributed by atoms with Crippen LogP contribution in [-0.4, -0.2) is 43.0 Å². The standard InChI is InChI=1S/C19H21N3O3/c1-21(2)14-5-7-15(8-6-14)22-10-9-20-19(22)13-11-16(24-3)18(23)17(12-13)25-4/h5-12,23H,1-4H3. The van der Waals surface area contributed by atoms with Crippen LogP contribution in [-0.2, 0) is 0 Å². The Morgan fingerprint density at radius 2 is 1.60 bits per heavy atom. The molecule has 25 heavy (non-hydrogen) atoms. The number of phenolic OH excluding ortho intramolecular Hbond substituents is 1. The van der Waals surface area contributed by atoms with Crippen molar-refractivity contribution in [2.75, 3.05) is 33.2 Å². The lowest BCUT2D eigenvalue weighted by Crippen LogP contribution is -2.08. The number of aromatic nitrogens is 2. The topological polar surface area (TPSA) is 59.8 Å². The van der Waals surface area contributed by atoms with Gasteiger partial charge in [-0.2, -0.15) is 0 Å². The third-order valence-corrected chi connectivity index (χ3v) is 4.02. The Labute approximate surface area is 146 Å². The van der Waals surface area contributed by atoms with Crippen LogP contribution in [0.2, 0.25) is 0 Å². The highest BCUT2D eigenvalue weighted by atomic mass is 16.5. The first-order chi connectivity index (χ1) is 12.0. The monoisotopic (exact) mass is 339 g/mol. The molecule has 1 N–H and O–H groups in total. The third kappa shape index (κ3) is 3.10.